The first-order valence-corrected chi connectivity index (χ1v) is 8.78. The zero-order valence-corrected chi connectivity index (χ0v) is 15.3. The minimum atomic E-state index is 0.768. The highest BCUT2D eigenvalue weighted by Crippen LogP contribution is 2.39. The van der Waals surface area contributed by atoms with Crippen LogP contribution >= 0.6 is 0 Å². The number of pyridine rings is 1. The number of hydrogen-bond acceptors (Lipinski definition) is 5. The molecule has 2 aromatic carbocycles. The van der Waals surface area contributed by atoms with Gasteiger partial charge in [-0.05, 0) is 61.7 Å². The molecule has 5 heteroatoms. The fourth-order valence-corrected chi connectivity index (χ4v) is 3.81. The third kappa shape index (κ3) is 2.35. The predicted molar refractivity (Wildman–Crippen MR) is 104 cm³/mol. The van der Waals surface area contributed by atoms with Gasteiger partial charge in [-0.3, -0.25) is 4.98 Å². The van der Waals surface area contributed by atoms with Gasteiger partial charge in [0.15, 0.2) is 12.0 Å². The Hall–Kier alpha value is -3.47. The SMILES string of the molecule is Cc1ccc2ncccc2c1-c1cc(-c2c(C)noc2C)cc2ncoc12. The van der Waals surface area contributed by atoms with Crippen LogP contribution in [-0.2, 0) is 0 Å². The van der Waals surface area contributed by atoms with E-state index in [9.17, 15) is 0 Å². The van der Waals surface area contributed by atoms with Crippen molar-refractivity contribution < 1.29 is 8.94 Å². The molecule has 5 nitrogen and oxygen atoms in total. The largest absolute Gasteiger partial charge is 0.443 e. The normalized spacial score (nSPS) is 11.5. The van der Waals surface area contributed by atoms with Crippen LogP contribution in [0.1, 0.15) is 17.0 Å². The fraction of sp³-hybridized carbons (Fsp3) is 0.136. The van der Waals surface area contributed by atoms with Crippen LogP contribution in [0, 0.1) is 20.8 Å². The van der Waals surface area contributed by atoms with Gasteiger partial charge in [-0.15, -0.1) is 0 Å². The van der Waals surface area contributed by atoms with Gasteiger partial charge in [0.1, 0.15) is 11.3 Å². The van der Waals surface area contributed by atoms with Gasteiger partial charge in [-0.25, -0.2) is 4.98 Å². The van der Waals surface area contributed by atoms with E-state index in [-0.39, 0.29) is 0 Å². The number of oxazole rings is 1. The van der Waals surface area contributed by atoms with E-state index in [4.69, 9.17) is 8.94 Å². The Balaban J connectivity index is 1.90. The highest BCUT2D eigenvalue weighted by atomic mass is 16.5. The molecule has 5 aromatic rings. The summed E-state index contributed by atoms with van der Waals surface area (Å²) in [7, 11) is 0. The molecule has 27 heavy (non-hydrogen) atoms. The standard InChI is InChI=1S/C22H17N3O2/c1-12-6-7-18-16(5-4-8-23-18)20(12)17-9-15(10-19-22(17)26-11-24-19)21-13(2)25-27-14(21)3/h4-11H,1-3H3. The Morgan fingerprint density at radius 1 is 0.889 bits per heavy atom. The molecule has 5 rings (SSSR count). The van der Waals surface area contributed by atoms with Crippen molar-refractivity contribution in [1.29, 1.82) is 0 Å². The zero-order chi connectivity index (χ0) is 18.5. The zero-order valence-electron chi connectivity index (χ0n) is 15.3. The Morgan fingerprint density at radius 3 is 2.59 bits per heavy atom. The number of rotatable bonds is 2. The van der Waals surface area contributed by atoms with Crippen LogP contribution in [0.15, 0.2) is 57.9 Å². The summed E-state index contributed by atoms with van der Waals surface area (Å²) in [6.07, 6.45) is 3.30. The second kappa shape index (κ2) is 5.77. The van der Waals surface area contributed by atoms with Crippen LogP contribution in [0.25, 0.3) is 44.3 Å². The van der Waals surface area contributed by atoms with Gasteiger partial charge in [0.25, 0.3) is 0 Å². The van der Waals surface area contributed by atoms with E-state index in [1.165, 1.54) is 6.39 Å². The number of aryl methyl sites for hydroxylation is 3. The van der Waals surface area contributed by atoms with Crippen molar-refractivity contribution in [2.45, 2.75) is 20.8 Å². The Kier molecular flexibility index (Phi) is 3.37. The lowest BCUT2D eigenvalue weighted by Crippen LogP contribution is -1.91. The summed E-state index contributed by atoms with van der Waals surface area (Å²) in [6, 6.07) is 12.3. The Labute approximate surface area is 155 Å². The van der Waals surface area contributed by atoms with Crippen molar-refractivity contribution in [3.05, 3.63) is 66.0 Å². The van der Waals surface area contributed by atoms with Crippen molar-refractivity contribution in [1.82, 2.24) is 15.1 Å². The predicted octanol–water partition coefficient (Wildman–Crippen LogP) is 5.62. The van der Waals surface area contributed by atoms with E-state index in [2.05, 4.69) is 40.2 Å². The minimum absolute atomic E-state index is 0.768. The maximum Gasteiger partial charge on any atom is 0.182 e. The van der Waals surface area contributed by atoms with Crippen LogP contribution in [-0.4, -0.2) is 15.1 Å². The molecule has 3 aromatic heterocycles. The molecule has 0 aliphatic rings. The molecular formula is C22H17N3O2. The Bertz CT molecular complexity index is 1290. The first-order chi connectivity index (χ1) is 13.1. The molecule has 0 radical (unpaired) electrons. The molecule has 0 saturated carbocycles. The number of hydrogen-bond donors (Lipinski definition) is 0. The van der Waals surface area contributed by atoms with Crippen LogP contribution in [0.3, 0.4) is 0 Å². The van der Waals surface area contributed by atoms with E-state index < -0.39 is 0 Å². The van der Waals surface area contributed by atoms with Gasteiger partial charge in [0.05, 0.1) is 11.2 Å². The van der Waals surface area contributed by atoms with Gasteiger partial charge in [0, 0.05) is 22.7 Å². The molecule has 0 aliphatic heterocycles. The minimum Gasteiger partial charge on any atom is -0.443 e. The van der Waals surface area contributed by atoms with Crippen molar-refractivity contribution in [2.24, 2.45) is 0 Å². The molecule has 0 aliphatic carbocycles. The summed E-state index contributed by atoms with van der Waals surface area (Å²) >= 11 is 0. The van der Waals surface area contributed by atoms with Crippen LogP contribution < -0.4 is 0 Å². The van der Waals surface area contributed by atoms with Crippen LogP contribution in [0.4, 0.5) is 0 Å². The molecule has 0 saturated heterocycles. The number of benzene rings is 2. The van der Waals surface area contributed by atoms with Gasteiger partial charge in [-0.2, -0.15) is 0 Å². The van der Waals surface area contributed by atoms with E-state index in [1.54, 1.807) is 0 Å². The molecular weight excluding hydrogens is 338 g/mol. The maximum atomic E-state index is 5.77. The van der Waals surface area contributed by atoms with Crippen molar-refractivity contribution in [3.63, 3.8) is 0 Å². The van der Waals surface area contributed by atoms with Crippen LogP contribution in [0.5, 0.6) is 0 Å². The summed E-state index contributed by atoms with van der Waals surface area (Å²) < 4.78 is 11.1. The van der Waals surface area contributed by atoms with Gasteiger partial charge < -0.3 is 8.94 Å². The molecule has 0 amide bonds. The first-order valence-electron chi connectivity index (χ1n) is 8.78. The molecule has 0 spiro atoms. The third-order valence-corrected chi connectivity index (χ3v) is 5.02. The van der Waals surface area contributed by atoms with Gasteiger partial charge in [-0.1, -0.05) is 17.3 Å². The number of nitrogens with zero attached hydrogens (tertiary/aromatic N) is 3. The molecule has 0 fully saturated rings. The average molecular weight is 355 g/mol. The lowest BCUT2D eigenvalue weighted by molar-refractivity contribution is 0.393. The lowest BCUT2D eigenvalue weighted by atomic mass is 9.92. The van der Waals surface area contributed by atoms with Crippen molar-refractivity contribution in [2.75, 3.05) is 0 Å². The second-order valence-electron chi connectivity index (χ2n) is 6.75. The molecule has 0 unspecified atom stereocenters. The summed E-state index contributed by atoms with van der Waals surface area (Å²) in [5.41, 5.74) is 8.66. The highest BCUT2D eigenvalue weighted by Gasteiger charge is 2.19. The van der Waals surface area contributed by atoms with Gasteiger partial charge in [0.2, 0.25) is 0 Å². The van der Waals surface area contributed by atoms with Crippen LogP contribution in [0.2, 0.25) is 0 Å². The first kappa shape index (κ1) is 15.8. The topological polar surface area (TPSA) is 65.0 Å². The lowest BCUT2D eigenvalue weighted by Gasteiger charge is -2.12. The molecule has 0 atom stereocenters. The molecule has 0 N–H and O–H groups in total. The monoisotopic (exact) mass is 355 g/mol. The van der Waals surface area contributed by atoms with Crippen molar-refractivity contribution >= 4 is 22.0 Å². The van der Waals surface area contributed by atoms with E-state index >= 15 is 0 Å². The van der Waals surface area contributed by atoms with E-state index in [0.29, 0.717) is 0 Å². The average Bonchev–Trinajstić information content (AvgIpc) is 3.27. The van der Waals surface area contributed by atoms with Gasteiger partial charge >= 0.3 is 0 Å². The quantitative estimate of drug-likeness (QED) is 0.411. The van der Waals surface area contributed by atoms with E-state index in [0.717, 1.165) is 61.3 Å². The highest BCUT2D eigenvalue weighted by molar-refractivity contribution is 6.04. The number of fused-ring (bicyclic) bond motifs is 2. The third-order valence-electron chi connectivity index (χ3n) is 5.02. The summed E-state index contributed by atoms with van der Waals surface area (Å²) in [5.74, 6) is 0.789. The van der Waals surface area contributed by atoms with E-state index in [1.807, 2.05) is 38.2 Å². The molecule has 0 bridgehead atoms. The molecule has 132 valence electrons. The second-order valence-corrected chi connectivity index (χ2v) is 6.75. The van der Waals surface area contributed by atoms with Crippen molar-refractivity contribution in [3.8, 4) is 22.3 Å². The number of aromatic nitrogens is 3. The Morgan fingerprint density at radius 2 is 1.78 bits per heavy atom. The smallest absolute Gasteiger partial charge is 0.182 e. The summed E-state index contributed by atoms with van der Waals surface area (Å²) in [4.78, 5) is 8.92. The fourth-order valence-electron chi connectivity index (χ4n) is 3.81. The maximum absolute atomic E-state index is 5.77. The summed E-state index contributed by atoms with van der Waals surface area (Å²) in [6.45, 7) is 5.98. The molecule has 3 heterocycles. The summed E-state index contributed by atoms with van der Waals surface area (Å²) in [5, 5.41) is 5.19.